The third-order valence-electron chi connectivity index (χ3n) is 5.52. The maximum absolute atomic E-state index is 13.1. The number of halogens is 1. The van der Waals surface area contributed by atoms with Crippen LogP contribution in [-0.2, 0) is 21.4 Å². The molecule has 5 heteroatoms. The minimum Gasteiger partial charge on any atom is -0.465 e. The average Bonchev–Trinajstić information content (AvgIpc) is 3.38. The summed E-state index contributed by atoms with van der Waals surface area (Å²) >= 11 is 6.33. The molecule has 2 aromatic rings. The van der Waals surface area contributed by atoms with Gasteiger partial charge in [0.2, 0.25) is 5.91 Å². The summed E-state index contributed by atoms with van der Waals surface area (Å²) in [6.45, 7) is 0. The molecule has 0 heterocycles. The number of hydrogen-bond acceptors (Lipinski definition) is 3. The standard InChI is InChI=1S/C21H20ClNO3/c1-26-19(24)14-7-6-13-8-9-18(15(13)12-14)23-20(25)21(10-11-21)16-4-2-3-5-17(16)22/h2-7,12,18H,8-11H2,1H3,(H,23,25)/t18-/m1/s1. The molecule has 4 rings (SSSR count). The molecule has 1 N–H and O–H groups in total. The van der Waals surface area contributed by atoms with Gasteiger partial charge in [-0.2, -0.15) is 0 Å². The fourth-order valence-electron chi connectivity index (χ4n) is 3.89. The summed E-state index contributed by atoms with van der Waals surface area (Å²) in [5.41, 5.74) is 3.09. The fourth-order valence-corrected chi connectivity index (χ4v) is 4.20. The molecular formula is C21H20ClNO3. The molecule has 0 aromatic heterocycles. The zero-order valence-corrected chi connectivity index (χ0v) is 15.3. The molecule has 0 spiro atoms. The van der Waals surface area contributed by atoms with E-state index in [0.717, 1.165) is 36.8 Å². The van der Waals surface area contributed by atoms with Crippen molar-refractivity contribution < 1.29 is 14.3 Å². The van der Waals surface area contributed by atoms with E-state index in [1.54, 1.807) is 6.07 Å². The number of benzene rings is 2. The number of hydrogen-bond donors (Lipinski definition) is 1. The van der Waals surface area contributed by atoms with Gasteiger partial charge in [0.05, 0.1) is 24.1 Å². The summed E-state index contributed by atoms with van der Waals surface area (Å²) in [7, 11) is 1.37. The summed E-state index contributed by atoms with van der Waals surface area (Å²) in [6, 6.07) is 13.1. The Morgan fingerprint density at radius 2 is 1.96 bits per heavy atom. The molecule has 1 saturated carbocycles. The Morgan fingerprint density at radius 1 is 1.19 bits per heavy atom. The van der Waals surface area contributed by atoms with E-state index < -0.39 is 5.41 Å². The normalized spacial score (nSPS) is 19.5. The smallest absolute Gasteiger partial charge is 0.337 e. The zero-order valence-electron chi connectivity index (χ0n) is 14.5. The zero-order chi connectivity index (χ0) is 18.3. The number of aryl methyl sites for hydroxylation is 1. The van der Waals surface area contributed by atoms with Gasteiger partial charge in [0.15, 0.2) is 0 Å². The van der Waals surface area contributed by atoms with E-state index in [0.29, 0.717) is 10.6 Å². The number of carbonyl (C=O) groups is 2. The number of nitrogens with one attached hydrogen (secondary N) is 1. The van der Waals surface area contributed by atoms with Crippen molar-refractivity contribution in [2.45, 2.75) is 37.1 Å². The second kappa shape index (κ2) is 6.44. The van der Waals surface area contributed by atoms with Crippen LogP contribution in [0.4, 0.5) is 0 Å². The van der Waals surface area contributed by atoms with Gasteiger partial charge >= 0.3 is 5.97 Å². The molecule has 26 heavy (non-hydrogen) atoms. The molecule has 2 aromatic carbocycles. The highest BCUT2D eigenvalue weighted by Gasteiger charge is 2.52. The first-order chi connectivity index (χ1) is 12.5. The second-order valence-corrected chi connectivity index (χ2v) is 7.44. The second-order valence-electron chi connectivity index (χ2n) is 7.03. The van der Waals surface area contributed by atoms with Gasteiger partial charge in [-0.15, -0.1) is 0 Å². The van der Waals surface area contributed by atoms with Gasteiger partial charge in [-0.3, -0.25) is 4.79 Å². The van der Waals surface area contributed by atoms with Crippen LogP contribution in [0.1, 0.15) is 52.4 Å². The lowest BCUT2D eigenvalue weighted by molar-refractivity contribution is -0.124. The topological polar surface area (TPSA) is 55.4 Å². The van der Waals surface area contributed by atoms with E-state index in [2.05, 4.69) is 5.32 Å². The molecule has 0 radical (unpaired) electrons. The van der Waals surface area contributed by atoms with Gasteiger partial charge in [0.1, 0.15) is 0 Å². The van der Waals surface area contributed by atoms with Crippen molar-refractivity contribution >= 4 is 23.5 Å². The summed E-state index contributed by atoms with van der Waals surface area (Å²) < 4.78 is 4.81. The molecule has 1 atom stereocenters. The van der Waals surface area contributed by atoms with Gasteiger partial charge in [0, 0.05) is 5.02 Å². The highest BCUT2D eigenvalue weighted by Crippen LogP contribution is 2.51. The van der Waals surface area contributed by atoms with Crippen LogP contribution in [0.5, 0.6) is 0 Å². The van der Waals surface area contributed by atoms with Crippen molar-refractivity contribution in [1.29, 1.82) is 0 Å². The Bertz CT molecular complexity index is 889. The molecule has 4 nitrogen and oxygen atoms in total. The van der Waals surface area contributed by atoms with Crippen LogP contribution >= 0.6 is 11.6 Å². The quantitative estimate of drug-likeness (QED) is 0.830. The summed E-state index contributed by atoms with van der Waals surface area (Å²) in [6.07, 6.45) is 3.35. The number of ether oxygens (including phenoxy) is 1. The van der Waals surface area contributed by atoms with Crippen molar-refractivity contribution in [3.63, 3.8) is 0 Å². The van der Waals surface area contributed by atoms with Crippen molar-refractivity contribution in [3.05, 3.63) is 69.7 Å². The molecule has 1 fully saturated rings. The minimum atomic E-state index is -0.513. The Morgan fingerprint density at radius 3 is 2.65 bits per heavy atom. The monoisotopic (exact) mass is 369 g/mol. The van der Waals surface area contributed by atoms with Crippen LogP contribution in [0.25, 0.3) is 0 Å². The molecule has 0 saturated heterocycles. The first kappa shape index (κ1) is 17.1. The van der Waals surface area contributed by atoms with Gasteiger partial charge < -0.3 is 10.1 Å². The van der Waals surface area contributed by atoms with Crippen LogP contribution < -0.4 is 5.32 Å². The highest BCUT2D eigenvalue weighted by molar-refractivity contribution is 6.31. The van der Waals surface area contributed by atoms with Gasteiger partial charge in [-0.05, 0) is 60.6 Å². The van der Waals surface area contributed by atoms with Crippen LogP contribution in [0.2, 0.25) is 5.02 Å². The van der Waals surface area contributed by atoms with Crippen molar-refractivity contribution in [2.24, 2.45) is 0 Å². The third-order valence-corrected chi connectivity index (χ3v) is 5.85. The van der Waals surface area contributed by atoms with Crippen molar-refractivity contribution in [1.82, 2.24) is 5.32 Å². The minimum absolute atomic E-state index is 0.0203. The van der Waals surface area contributed by atoms with E-state index >= 15 is 0 Å². The molecule has 2 aliphatic carbocycles. The first-order valence-electron chi connectivity index (χ1n) is 8.82. The van der Waals surface area contributed by atoms with Gasteiger partial charge in [0.25, 0.3) is 0 Å². The predicted molar refractivity (Wildman–Crippen MR) is 99.4 cm³/mol. The SMILES string of the molecule is COC(=O)c1ccc2c(c1)[C@H](NC(=O)C1(c3ccccc3Cl)CC1)CC2. The summed E-state index contributed by atoms with van der Waals surface area (Å²) in [5.74, 6) is -0.341. The Balaban J connectivity index is 1.58. The summed E-state index contributed by atoms with van der Waals surface area (Å²) in [5, 5.41) is 3.84. The lowest BCUT2D eigenvalue weighted by atomic mass is 9.94. The molecule has 0 bridgehead atoms. The lowest BCUT2D eigenvalue weighted by Gasteiger charge is -2.21. The van der Waals surface area contributed by atoms with E-state index in [4.69, 9.17) is 16.3 Å². The number of esters is 1. The Labute approximate surface area is 157 Å². The third kappa shape index (κ3) is 2.78. The molecule has 0 unspecified atom stereocenters. The lowest BCUT2D eigenvalue weighted by Crippen LogP contribution is -2.36. The maximum Gasteiger partial charge on any atom is 0.337 e. The number of amides is 1. The predicted octanol–water partition coefficient (Wildman–Crippen LogP) is 3.96. The van der Waals surface area contributed by atoms with Crippen molar-refractivity contribution in [3.8, 4) is 0 Å². The van der Waals surface area contributed by atoms with E-state index in [9.17, 15) is 9.59 Å². The molecule has 0 aliphatic heterocycles. The van der Waals surface area contributed by atoms with Gasteiger partial charge in [-0.25, -0.2) is 4.79 Å². The van der Waals surface area contributed by atoms with Crippen LogP contribution in [-0.4, -0.2) is 19.0 Å². The van der Waals surface area contributed by atoms with Gasteiger partial charge in [-0.1, -0.05) is 35.9 Å². The molecule has 1 amide bonds. The fraction of sp³-hybridized carbons (Fsp3) is 0.333. The number of carbonyl (C=O) groups excluding carboxylic acids is 2. The van der Waals surface area contributed by atoms with E-state index in [1.807, 2.05) is 36.4 Å². The van der Waals surface area contributed by atoms with Crippen LogP contribution in [0.3, 0.4) is 0 Å². The Kier molecular flexibility index (Phi) is 4.23. The molecule has 2 aliphatic rings. The van der Waals surface area contributed by atoms with Crippen LogP contribution in [0.15, 0.2) is 42.5 Å². The number of rotatable bonds is 4. The molecular weight excluding hydrogens is 350 g/mol. The molecule has 134 valence electrons. The first-order valence-corrected chi connectivity index (χ1v) is 9.20. The Hall–Kier alpha value is -2.33. The summed E-state index contributed by atoms with van der Waals surface area (Å²) in [4.78, 5) is 24.9. The number of methoxy groups -OCH3 is 1. The number of fused-ring (bicyclic) bond motifs is 1. The van der Waals surface area contributed by atoms with Crippen LogP contribution in [0, 0.1) is 0 Å². The van der Waals surface area contributed by atoms with Crippen molar-refractivity contribution in [2.75, 3.05) is 7.11 Å². The largest absolute Gasteiger partial charge is 0.465 e. The maximum atomic E-state index is 13.1. The highest BCUT2D eigenvalue weighted by atomic mass is 35.5. The van der Waals surface area contributed by atoms with E-state index in [-0.39, 0.29) is 17.9 Å². The van der Waals surface area contributed by atoms with E-state index in [1.165, 1.54) is 12.7 Å². The average molecular weight is 370 g/mol.